The number of hydrogen-bond acceptors (Lipinski definition) is 3. The third kappa shape index (κ3) is 2.92. The van der Waals surface area contributed by atoms with Crippen molar-refractivity contribution >= 4 is 10.9 Å². The Kier molecular flexibility index (Phi) is 4.25. The first-order valence-electron chi connectivity index (χ1n) is 9.49. The normalized spacial score (nSPS) is 20.7. The molecule has 4 nitrogen and oxygen atoms in total. The van der Waals surface area contributed by atoms with Gasteiger partial charge in [0.15, 0.2) is 0 Å². The molecule has 0 atom stereocenters. The Bertz CT molecular complexity index is 709. The Morgan fingerprint density at radius 3 is 2.58 bits per heavy atom. The lowest BCUT2D eigenvalue weighted by Gasteiger charge is -2.45. The smallest absolute Gasteiger partial charge is 0.147 e. The van der Waals surface area contributed by atoms with Crippen molar-refractivity contribution in [3.8, 4) is 5.75 Å². The van der Waals surface area contributed by atoms with Gasteiger partial charge in [-0.2, -0.15) is 5.10 Å². The summed E-state index contributed by atoms with van der Waals surface area (Å²) in [6, 6.07) is 5.13. The van der Waals surface area contributed by atoms with Gasteiger partial charge in [-0.25, -0.2) is 0 Å². The summed E-state index contributed by atoms with van der Waals surface area (Å²) in [5.41, 5.74) is 2.36. The van der Waals surface area contributed by atoms with Crippen molar-refractivity contribution in [2.24, 2.45) is 7.05 Å². The molecule has 1 aromatic carbocycles. The lowest BCUT2D eigenvalue weighted by Crippen LogP contribution is -2.58. The summed E-state index contributed by atoms with van der Waals surface area (Å²) in [6.45, 7) is 6.61. The number of aromatic nitrogens is 2. The molecule has 4 rings (SSSR count). The lowest BCUT2D eigenvalue weighted by molar-refractivity contribution is -0.0181. The number of ether oxygens (including phenoxy) is 1. The second-order valence-corrected chi connectivity index (χ2v) is 7.86. The SMILES string of the molecule is CC(C)c1ccc(OC2CN(C3CCCCC3)C2)c2nn(C)cc12. The van der Waals surface area contributed by atoms with Gasteiger partial charge in [-0.15, -0.1) is 0 Å². The van der Waals surface area contributed by atoms with Crippen molar-refractivity contribution in [1.29, 1.82) is 0 Å². The number of benzene rings is 1. The number of fused-ring (bicyclic) bond motifs is 1. The Labute approximate surface area is 144 Å². The molecule has 1 aliphatic heterocycles. The minimum Gasteiger partial charge on any atom is -0.485 e. The maximum absolute atomic E-state index is 6.32. The Balaban J connectivity index is 1.47. The van der Waals surface area contributed by atoms with E-state index in [-0.39, 0.29) is 0 Å². The second kappa shape index (κ2) is 6.40. The molecular weight excluding hydrogens is 298 g/mol. The fourth-order valence-electron chi connectivity index (χ4n) is 4.28. The number of likely N-dealkylation sites (tertiary alicyclic amines) is 1. The van der Waals surface area contributed by atoms with E-state index in [1.165, 1.54) is 43.1 Å². The lowest BCUT2D eigenvalue weighted by atomic mass is 9.92. The van der Waals surface area contributed by atoms with Crippen LogP contribution in [0, 0.1) is 0 Å². The molecule has 0 amide bonds. The predicted molar refractivity (Wildman–Crippen MR) is 97.7 cm³/mol. The summed E-state index contributed by atoms with van der Waals surface area (Å²) in [5, 5.41) is 5.88. The molecule has 2 aromatic rings. The van der Waals surface area contributed by atoms with Gasteiger partial charge in [-0.1, -0.05) is 39.2 Å². The van der Waals surface area contributed by atoms with Gasteiger partial charge in [-0.3, -0.25) is 9.58 Å². The average Bonchev–Trinajstić information content (AvgIpc) is 2.92. The Morgan fingerprint density at radius 2 is 1.88 bits per heavy atom. The van der Waals surface area contributed by atoms with Crippen molar-refractivity contribution in [3.63, 3.8) is 0 Å². The quantitative estimate of drug-likeness (QED) is 0.847. The van der Waals surface area contributed by atoms with E-state index in [9.17, 15) is 0 Å². The van der Waals surface area contributed by atoms with Crippen LogP contribution in [-0.4, -0.2) is 39.9 Å². The molecule has 0 spiro atoms. The van der Waals surface area contributed by atoms with Gasteiger partial charge < -0.3 is 4.74 Å². The van der Waals surface area contributed by atoms with Crippen LogP contribution in [0.4, 0.5) is 0 Å². The highest BCUT2D eigenvalue weighted by molar-refractivity contribution is 5.87. The van der Waals surface area contributed by atoms with Crippen LogP contribution in [-0.2, 0) is 7.05 Å². The highest BCUT2D eigenvalue weighted by atomic mass is 16.5. The van der Waals surface area contributed by atoms with Crippen LogP contribution in [0.5, 0.6) is 5.75 Å². The summed E-state index contributed by atoms with van der Waals surface area (Å²) in [4.78, 5) is 2.61. The van der Waals surface area contributed by atoms with Crippen LogP contribution in [0.25, 0.3) is 10.9 Å². The monoisotopic (exact) mass is 327 g/mol. The molecule has 1 aliphatic carbocycles. The van der Waals surface area contributed by atoms with Gasteiger partial charge in [-0.05, 0) is 30.4 Å². The van der Waals surface area contributed by atoms with Gasteiger partial charge >= 0.3 is 0 Å². The van der Waals surface area contributed by atoms with Gasteiger partial charge in [0.2, 0.25) is 0 Å². The maximum atomic E-state index is 6.32. The van der Waals surface area contributed by atoms with Crippen molar-refractivity contribution in [1.82, 2.24) is 14.7 Å². The summed E-state index contributed by atoms with van der Waals surface area (Å²) in [6.07, 6.45) is 9.41. The fourth-order valence-corrected chi connectivity index (χ4v) is 4.28. The van der Waals surface area contributed by atoms with E-state index < -0.39 is 0 Å². The molecule has 2 fully saturated rings. The predicted octanol–water partition coefficient (Wildman–Crippen LogP) is 4.09. The molecule has 24 heavy (non-hydrogen) atoms. The topological polar surface area (TPSA) is 30.3 Å². The Morgan fingerprint density at radius 1 is 1.12 bits per heavy atom. The molecule has 0 radical (unpaired) electrons. The van der Waals surface area contributed by atoms with Gasteiger partial charge in [0.1, 0.15) is 17.4 Å². The van der Waals surface area contributed by atoms with Crippen LogP contribution in [0.3, 0.4) is 0 Å². The summed E-state index contributed by atoms with van der Waals surface area (Å²) in [7, 11) is 1.99. The summed E-state index contributed by atoms with van der Waals surface area (Å²) < 4.78 is 8.22. The van der Waals surface area contributed by atoms with Gasteiger partial charge in [0.25, 0.3) is 0 Å². The van der Waals surface area contributed by atoms with E-state index in [2.05, 4.69) is 42.2 Å². The largest absolute Gasteiger partial charge is 0.485 e. The first kappa shape index (κ1) is 15.9. The molecule has 130 valence electrons. The van der Waals surface area contributed by atoms with Crippen LogP contribution in [0.15, 0.2) is 18.3 Å². The second-order valence-electron chi connectivity index (χ2n) is 7.86. The maximum Gasteiger partial charge on any atom is 0.147 e. The number of aryl methyl sites for hydroxylation is 1. The molecule has 0 unspecified atom stereocenters. The zero-order chi connectivity index (χ0) is 16.7. The number of hydrogen-bond donors (Lipinski definition) is 0. The molecule has 2 aliphatic rings. The molecule has 2 heterocycles. The van der Waals surface area contributed by atoms with E-state index in [0.29, 0.717) is 12.0 Å². The van der Waals surface area contributed by atoms with E-state index in [0.717, 1.165) is 30.4 Å². The molecule has 1 aromatic heterocycles. The summed E-state index contributed by atoms with van der Waals surface area (Å²) >= 11 is 0. The van der Waals surface area contributed by atoms with E-state index in [1.54, 1.807) is 0 Å². The number of nitrogens with zero attached hydrogens (tertiary/aromatic N) is 3. The zero-order valence-electron chi connectivity index (χ0n) is 15.2. The van der Waals surface area contributed by atoms with Crippen LogP contribution < -0.4 is 4.74 Å². The molecule has 1 saturated carbocycles. The fraction of sp³-hybridized carbons (Fsp3) is 0.650. The molecule has 0 N–H and O–H groups in total. The van der Waals surface area contributed by atoms with Crippen molar-refractivity contribution in [3.05, 3.63) is 23.9 Å². The zero-order valence-corrected chi connectivity index (χ0v) is 15.2. The standard InChI is InChI=1S/C20H29N3O/c1-14(2)17-9-10-19(20-18(17)13-22(3)21-20)24-16-11-23(12-16)15-7-5-4-6-8-15/h9-10,13-16H,4-8,11-12H2,1-3H3. The van der Waals surface area contributed by atoms with Crippen LogP contribution >= 0.6 is 0 Å². The summed E-state index contributed by atoms with van der Waals surface area (Å²) in [5.74, 6) is 1.44. The van der Waals surface area contributed by atoms with E-state index >= 15 is 0 Å². The van der Waals surface area contributed by atoms with Gasteiger partial charge in [0, 0.05) is 37.8 Å². The van der Waals surface area contributed by atoms with Gasteiger partial charge in [0.05, 0.1) is 0 Å². The Hall–Kier alpha value is -1.55. The molecule has 4 heteroatoms. The first-order valence-corrected chi connectivity index (χ1v) is 9.49. The molecular formula is C20H29N3O. The van der Waals surface area contributed by atoms with Crippen LogP contribution in [0.2, 0.25) is 0 Å². The average molecular weight is 327 g/mol. The first-order chi connectivity index (χ1) is 11.6. The third-order valence-electron chi connectivity index (χ3n) is 5.67. The highest BCUT2D eigenvalue weighted by Gasteiger charge is 2.34. The van der Waals surface area contributed by atoms with Crippen molar-refractivity contribution in [2.45, 2.75) is 64.0 Å². The molecule has 1 saturated heterocycles. The van der Waals surface area contributed by atoms with E-state index in [1.807, 2.05) is 11.7 Å². The number of rotatable bonds is 4. The van der Waals surface area contributed by atoms with Crippen molar-refractivity contribution in [2.75, 3.05) is 13.1 Å². The minimum atomic E-state index is 0.321. The highest BCUT2D eigenvalue weighted by Crippen LogP contribution is 2.33. The molecule has 0 bridgehead atoms. The third-order valence-corrected chi connectivity index (χ3v) is 5.67. The van der Waals surface area contributed by atoms with E-state index in [4.69, 9.17) is 4.74 Å². The minimum absolute atomic E-state index is 0.321. The van der Waals surface area contributed by atoms with Crippen LogP contribution in [0.1, 0.15) is 57.4 Å². The van der Waals surface area contributed by atoms with Crippen molar-refractivity contribution < 1.29 is 4.74 Å².